The summed E-state index contributed by atoms with van der Waals surface area (Å²) in [6.45, 7) is 0.200. The number of hydrogen-bond acceptors (Lipinski definition) is 4. The van der Waals surface area contributed by atoms with Crippen molar-refractivity contribution in [2.45, 2.75) is 18.4 Å². The van der Waals surface area contributed by atoms with Gasteiger partial charge in [0.1, 0.15) is 6.61 Å². The summed E-state index contributed by atoms with van der Waals surface area (Å²) in [6, 6.07) is 21.4. The zero-order valence-electron chi connectivity index (χ0n) is 18.9. The second-order valence-electron chi connectivity index (χ2n) is 8.44. The largest absolute Gasteiger partial charge is 0.493 e. The lowest BCUT2D eigenvalue weighted by atomic mass is 9.77. The van der Waals surface area contributed by atoms with Crippen LogP contribution in [0, 0.1) is 21.8 Å². The average Bonchev–Trinajstić information content (AvgIpc) is 3.37. The van der Waals surface area contributed by atoms with E-state index in [4.69, 9.17) is 15.9 Å². The van der Waals surface area contributed by atoms with Gasteiger partial charge >= 0.3 is 0 Å². The SMILES string of the molecule is C#CCOc1c(I)cc(C=Nc2ccc([C@@H]3Nc4ccccc4[C@@H]4C=CC[C@@H]43)cc2)cc1OC. The highest BCUT2D eigenvalue weighted by Gasteiger charge is 2.37. The van der Waals surface area contributed by atoms with Crippen LogP contribution < -0.4 is 14.8 Å². The Labute approximate surface area is 214 Å². The molecule has 2 aliphatic rings. The van der Waals surface area contributed by atoms with Gasteiger partial charge in [-0.25, -0.2) is 0 Å². The Hall–Kier alpha value is -3.24. The number of methoxy groups -OCH3 is 1. The number of fused-ring (bicyclic) bond motifs is 3. The van der Waals surface area contributed by atoms with Gasteiger partial charge in [0, 0.05) is 17.8 Å². The molecule has 0 amide bonds. The molecule has 5 heteroatoms. The van der Waals surface area contributed by atoms with Crippen molar-refractivity contribution in [3.8, 4) is 23.8 Å². The van der Waals surface area contributed by atoms with E-state index in [0.717, 1.165) is 21.2 Å². The number of allylic oxidation sites excluding steroid dienone is 2. The number of ether oxygens (including phenoxy) is 2. The summed E-state index contributed by atoms with van der Waals surface area (Å²) in [6.07, 6.45) is 12.9. The van der Waals surface area contributed by atoms with Gasteiger partial charge in [-0.2, -0.15) is 0 Å². The predicted octanol–water partition coefficient (Wildman–Crippen LogP) is 6.89. The van der Waals surface area contributed by atoms with E-state index in [9.17, 15) is 0 Å². The lowest BCUT2D eigenvalue weighted by Crippen LogP contribution is -2.28. The average molecular weight is 560 g/mol. The maximum Gasteiger partial charge on any atom is 0.175 e. The number of rotatable bonds is 6. The van der Waals surface area contributed by atoms with Gasteiger partial charge in [-0.15, -0.1) is 6.42 Å². The van der Waals surface area contributed by atoms with E-state index in [0.29, 0.717) is 23.3 Å². The first kappa shape index (κ1) is 22.5. The molecule has 3 atom stereocenters. The minimum absolute atomic E-state index is 0.200. The third-order valence-electron chi connectivity index (χ3n) is 6.44. The highest BCUT2D eigenvalue weighted by molar-refractivity contribution is 14.1. The Kier molecular flexibility index (Phi) is 6.59. The third-order valence-corrected chi connectivity index (χ3v) is 7.24. The fourth-order valence-electron chi connectivity index (χ4n) is 4.86. The molecule has 1 N–H and O–H groups in total. The molecule has 0 radical (unpaired) electrons. The first-order valence-electron chi connectivity index (χ1n) is 11.3. The number of para-hydroxylation sites is 1. The van der Waals surface area contributed by atoms with E-state index < -0.39 is 0 Å². The quantitative estimate of drug-likeness (QED) is 0.155. The van der Waals surface area contributed by atoms with Gasteiger partial charge in [0.05, 0.1) is 22.4 Å². The van der Waals surface area contributed by atoms with Gasteiger partial charge < -0.3 is 14.8 Å². The number of benzene rings is 3. The molecule has 1 aliphatic carbocycles. The van der Waals surface area contributed by atoms with Crippen molar-refractivity contribution in [1.29, 1.82) is 0 Å². The van der Waals surface area contributed by atoms with Crippen LogP contribution in [0.25, 0.3) is 0 Å². The molecule has 0 saturated heterocycles. The van der Waals surface area contributed by atoms with Crippen LogP contribution in [-0.2, 0) is 0 Å². The van der Waals surface area contributed by atoms with Crippen LogP contribution in [0.1, 0.15) is 35.1 Å². The van der Waals surface area contributed by atoms with Gasteiger partial charge in [0.2, 0.25) is 0 Å². The molecule has 5 rings (SSSR count). The number of hydrogen-bond donors (Lipinski definition) is 1. The van der Waals surface area contributed by atoms with Gasteiger partial charge in [0.15, 0.2) is 11.5 Å². The van der Waals surface area contributed by atoms with E-state index in [1.165, 1.54) is 16.8 Å². The predicted molar refractivity (Wildman–Crippen MR) is 147 cm³/mol. The lowest BCUT2D eigenvalue weighted by Gasteiger charge is -2.37. The molecule has 0 aromatic heterocycles. The van der Waals surface area contributed by atoms with Gasteiger partial charge in [-0.05, 0) is 82.0 Å². The van der Waals surface area contributed by atoms with Crippen LogP contribution in [0.15, 0.2) is 77.8 Å². The summed E-state index contributed by atoms with van der Waals surface area (Å²) in [7, 11) is 1.62. The monoisotopic (exact) mass is 560 g/mol. The second kappa shape index (κ2) is 9.94. The molecule has 170 valence electrons. The van der Waals surface area contributed by atoms with Crippen LogP contribution in [0.5, 0.6) is 11.5 Å². The number of nitrogens with one attached hydrogen (secondary N) is 1. The van der Waals surface area contributed by atoms with Crippen molar-refractivity contribution in [2.75, 3.05) is 19.0 Å². The Morgan fingerprint density at radius 3 is 2.79 bits per heavy atom. The highest BCUT2D eigenvalue weighted by Crippen LogP contribution is 2.49. The maximum absolute atomic E-state index is 5.62. The molecule has 1 aliphatic heterocycles. The molecule has 34 heavy (non-hydrogen) atoms. The highest BCUT2D eigenvalue weighted by atomic mass is 127. The van der Waals surface area contributed by atoms with Crippen LogP contribution in [0.2, 0.25) is 0 Å². The molecule has 0 spiro atoms. The summed E-state index contributed by atoms with van der Waals surface area (Å²) < 4.78 is 12.0. The molecule has 0 unspecified atom stereocenters. The van der Waals surface area contributed by atoms with Crippen LogP contribution in [0.4, 0.5) is 11.4 Å². The molecule has 1 heterocycles. The van der Waals surface area contributed by atoms with Crippen molar-refractivity contribution in [3.63, 3.8) is 0 Å². The summed E-state index contributed by atoms with van der Waals surface area (Å²) in [5.74, 6) is 4.80. The smallest absolute Gasteiger partial charge is 0.175 e. The molecule has 0 saturated carbocycles. The molecular weight excluding hydrogens is 535 g/mol. The Bertz CT molecular complexity index is 1290. The van der Waals surface area contributed by atoms with Crippen molar-refractivity contribution in [2.24, 2.45) is 10.9 Å². The first-order valence-corrected chi connectivity index (χ1v) is 12.4. The zero-order valence-corrected chi connectivity index (χ0v) is 21.0. The minimum Gasteiger partial charge on any atom is -0.493 e. The Balaban J connectivity index is 1.34. The Morgan fingerprint density at radius 2 is 2.00 bits per heavy atom. The molecular formula is C29H25IN2O2. The molecule has 3 aromatic carbocycles. The topological polar surface area (TPSA) is 42.8 Å². The van der Waals surface area contributed by atoms with Crippen LogP contribution >= 0.6 is 22.6 Å². The van der Waals surface area contributed by atoms with E-state index in [2.05, 4.69) is 99.5 Å². The van der Waals surface area contributed by atoms with E-state index >= 15 is 0 Å². The van der Waals surface area contributed by atoms with Gasteiger partial charge in [-0.1, -0.05) is 48.4 Å². The Morgan fingerprint density at radius 1 is 1.18 bits per heavy atom. The maximum atomic E-state index is 5.62. The number of terminal acetylenes is 1. The number of halogens is 1. The van der Waals surface area contributed by atoms with Crippen LogP contribution in [0.3, 0.4) is 0 Å². The molecule has 0 bridgehead atoms. The standard InChI is InChI=1S/C29H25IN2O2/c1-3-15-34-29-25(30)16-19(17-27(29)33-2)18-31-21-13-11-20(12-14-21)28-24-9-6-8-22(24)23-7-4-5-10-26(23)32-28/h1,4-8,10-14,16-18,22,24,28,32H,9,15H2,2H3/t22-,24-,28-/m0/s1. The summed E-state index contributed by atoms with van der Waals surface area (Å²) >= 11 is 2.22. The van der Waals surface area contributed by atoms with E-state index in [1.54, 1.807) is 7.11 Å². The fraction of sp³-hybridized carbons (Fsp3) is 0.207. The number of nitrogens with zero attached hydrogens (tertiary/aromatic N) is 1. The molecule has 3 aromatic rings. The van der Waals surface area contributed by atoms with E-state index in [1.807, 2.05) is 18.3 Å². The second-order valence-corrected chi connectivity index (χ2v) is 9.60. The van der Waals surface area contributed by atoms with Crippen molar-refractivity contribution < 1.29 is 9.47 Å². The molecule has 0 fully saturated rings. The van der Waals surface area contributed by atoms with Gasteiger partial charge in [-0.3, -0.25) is 4.99 Å². The number of aliphatic imine (C=N–C) groups is 1. The minimum atomic E-state index is 0.200. The summed E-state index contributed by atoms with van der Waals surface area (Å²) in [5, 5.41) is 3.78. The zero-order chi connectivity index (χ0) is 23.5. The van der Waals surface area contributed by atoms with Crippen molar-refractivity contribution in [3.05, 3.63) is 93.1 Å². The van der Waals surface area contributed by atoms with Crippen molar-refractivity contribution in [1.82, 2.24) is 0 Å². The van der Waals surface area contributed by atoms with Gasteiger partial charge in [0.25, 0.3) is 0 Å². The first-order chi connectivity index (χ1) is 16.7. The fourth-order valence-corrected chi connectivity index (χ4v) is 5.64. The lowest BCUT2D eigenvalue weighted by molar-refractivity contribution is 0.328. The third kappa shape index (κ3) is 4.43. The summed E-state index contributed by atoms with van der Waals surface area (Å²) in [4.78, 5) is 4.68. The van der Waals surface area contributed by atoms with Crippen molar-refractivity contribution >= 4 is 40.2 Å². The van der Waals surface area contributed by atoms with E-state index in [-0.39, 0.29) is 12.6 Å². The summed E-state index contributed by atoms with van der Waals surface area (Å²) in [5.41, 5.74) is 5.77. The van der Waals surface area contributed by atoms with Crippen LogP contribution in [-0.4, -0.2) is 19.9 Å². The normalized spacial score (nSPS) is 20.3. The molecule has 4 nitrogen and oxygen atoms in total. The number of anilines is 1.